The Balaban J connectivity index is 0.000000416. The highest BCUT2D eigenvalue weighted by Gasteiger charge is 2.14. The summed E-state index contributed by atoms with van der Waals surface area (Å²) in [6.45, 7) is 10.1. The van der Waals surface area contributed by atoms with Gasteiger partial charge in [0.2, 0.25) is 0 Å². The topological polar surface area (TPSA) is 89.9 Å². The number of phenols is 1. The highest BCUT2D eigenvalue weighted by Crippen LogP contribution is 2.26. The van der Waals surface area contributed by atoms with Crippen LogP contribution in [0.4, 0.5) is 0 Å². The van der Waals surface area contributed by atoms with Gasteiger partial charge in [0.05, 0.1) is 5.56 Å². The Labute approximate surface area is 163 Å². The highest BCUT2D eigenvalue weighted by atomic mass is 16.5. The van der Waals surface area contributed by atoms with Crippen molar-refractivity contribution >= 4 is 17.7 Å². The van der Waals surface area contributed by atoms with E-state index in [1.165, 1.54) is 24.3 Å². The van der Waals surface area contributed by atoms with Crippen molar-refractivity contribution < 1.29 is 29.0 Å². The van der Waals surface area contributed by atoms with Gasteiger partial charge in [-0.05, 0) is 12.1 Å². The Bertz CT molecular complexity index is 868. The molecule has 144 valence electrons. The molecule has 0 unspecified atom stereocenters. The van der Waals surface area contributed by atoms with E-state index in [4.69, 9.17) is 4.74 Å². The molecule has 6 nitrogen and oxygen atoms in total. The first kappa shape index (κ1) is 22.1. The fraction of sp³-hybridized carbons (Fsp3) is 0.0455. The molecule has 0 aliphatic rings. The zero-order chi connectivity index (χ0) is 20.9. The first-order valence-electron chi connectivity index (χ1n) is 8.10. The molecule has 0 atom stereocenters. The van der Waals surface area contributed by atoms with Crippen LogP contribution in [0, 0.1) is 0 Å². The average molecular weight is 380 g/mol. The third-order valence-electron chi connectivity index (χ3n) is 3.15. The molecule has 6 heteroatoms. The van der Waals surface area contributed by atoms with Gasteiger partial charge >= 0.3 is 11.9 Å². The molecular weight excluding hydrogens is 360 g/mol. The standard InChI is InChI=1S/C16H12O4.C6H8O2/c1-2-15(18)20-12-8-9-13(14(17)10-12)16(19)11-6-4-3-5-7-11;1-3-5-8-6(7)4-2/h2-10,17H,1H2;3-4H,1-2,5H2. The predicted octanol–water partition coefficient (Wildman–Crippen LogP) is 3.62. The van der Waals surface area contributed by atoms with Crippen LogP contribution in [0.15, 0.2) is 86.5 Å². The van der Waals surface area contributed by atoms with Gasteiger partial charge in [0.25, 0.3) is 0 Å². The number of benzene rings is 2. The first-order chi connectivity index (χ1) is 13.4. The molecule has 0 bridgehead atoms. The van der Waals surface area contributed by atoms with Crippen molar-refractivity contribution in [1.29, 1.82) is 0 Å². The number of hydrogen-bond donors (Lipinski definition) is 1. The minimum atomic E-state index is -0.633. The minimum Gasteiger partial charge on any atom is -0.507 e. The molecule has 0 saturated carbocycles. The number of carbonyl (C=O) groups excluding carboxylic acids is 3. The molecule has 2 rings (SSSR count). The van der Waals surface area contributed by atoms with E-state index in [0.29, 0.717) is 5.56 Å². The maximum absolute atomic E-state index is 12.2. The van der Waals surface area contributed by atoms with Crippen molar-refractivity contribution in [2.75, 3.05) is 6.61 Å². The second-order valence-electron chi connectivity index (χ2n) is 5.12. The number of carbonyl (C=O) groups is 3. The molecule has 0 amide bonds. The van der Waals surface area contributed by atoms with Crippen LogP contribution in [0.3, 0.4) is 0 Å². The summed E-state index contributed by atoms with van der Waals surface area (Å²) in [5.41, 5.74) is 0.619. The normalized spacial score (nSPS) is 9.14. The van der Waals surface area contributed by atoms with Gasteiger partial charge in [-0.2, -0.15) is 0 Å². The van der Waals surface area contributed by atoms with Crippen LogP contribution < -0.4 is 4.74 Å². The third-order valence-corrected chi connectivity index (χ3v) is 3.15. The quantitative estimate of drug-likeness (QED) is 0.259. The number of ether oxygens (including phenoxy) is 2. The second-order valence-corrected chi connectivity index (χ2v) is 5.12. The van der Waals surface area contributed by atoms with Gasteiger partial charge in [-0.3, -0.25) is 4.79 Å². The van der Waals surface area contributed by atoms with Crippen LogP contribution in [-0.4, -0.2) is 29.4 Å². The Morgan fingerprint density at radius 2 is 1.57 bits per heavy atom. The minimum absolute atomic E-state index is 0.148. The van der Waals surface area contributed by atoms with Gasteiger partial charge in [0.15, 0.2) is 5.78 Å². The van der Waals surface area contributed by atoms with E-state index in [9.17, 15) is 19.5 Å². The maximum Gasteiger partial charge on any atom is 0.335 e. The van der Waals surface area contributed by atoms with Crippen LogP contribution in [0.5, 0.6) is 11.5 Å². The number of hydrogen-bond acceptors (Lipinski definition) is 6. The average Bonchev–Trinajstić information content (AvgIpc) is 2.72. The van der Waals surface area contributed by atoms with Gasteiger partial charge in [-0.15, -0.1) is 0 Å². The zero-order valence-corrected chi connectivity index (χ0v) is 15.2. The predicted molar refractivity (Wildman–Crippen MR) is 105 cm³/mol. The Kier molecular flexibility index (Phi) is 9.19. The van der Waals surface area contributed by atoms with E-state index in [-0.39, 0.29) is 29.5 Å². The number of esters is 2. The van der Waals surface area contributed by atoms with Crippen molar-refractivity contribution in [3.05, 3.63) is 97.6 Å². The van der Waals surface area contributed by atoms with Gasteiger partial charge < -0.3 is 14.6 Å². The molecular formula is C22H20O6. The summed E-state index contributed by atoms with van der Waals surface area (Å²) in [6, 6.07) is 12.7. The number of ketones is 1. The summed E-state index contributed by atoms with van der Waals surface area (Å²) in [4.78, 5) is 33.4. The lowest BCUT2D eigenvalue weighted by molar-refractivity contribution is -0.136. The molecule has 0 spiro atoms. The monoisotopic (exact) mass is 380 g/mol. The van der Waals surface area contributed by atoms with E-state index in [2.05, 4.69) is 24.5 Å². The summed E-state index contributed by atoms with van der Waals surface area (Å²) in [5, 5.41) is 9.87. The van der Waals surface area contributed by atoms with Crippen molar-refractivity contribution in [3.8, 4) is 11.5 Å². The summed E-state index contributed by atoms with van der Waals surface area (Å²) in [6.07, 6.45) is 3.63. The summed E-state index contributed by atoms with van der Waals surface area (Å²) in [5.74, 6) is -1.44. The lowest BCUT2D eigenvalue weighted by atomic mass is 10.0. The molecule has 0 aliphatic carbocycles. The van der Waals surface area contributed by atoms with Crippen LogP contribution in [0.1, 0.15) is 15.9 Å². The van der Waals surface area contributed by atoms with Crippen molar-refractivity contribution in [2.45, 2.75) is 0 Å². The largest absolute Gasteiger partial charge is 0.507 e. The lowest BCUT2D eigenvalue weighted by Crippen LogP contribution is -2.05. The molecule has 0 aromatic heterocycles. The van der Waals surface area contributed by atoms with Gasteiger partial charge in [0.1, 0.15) is 18.1 Å². The molecule has 0 fully saturated rings. The number of phenolic OH excluding ortho intramolecular Hbond substituents is 1. The molecule has 1 N–H and O–H groups in total. The fourth-order valence-corrected chi connectivity index (χ4v) is 1.87. The summed E-state index contributed by atoms with van der Waals surface area (Å²) in [7, 11) is 0. The molecule has 0 saturated heterocycles. The highest BCUT2D eigenvalue weighted by molar-refractivity contribution is 6.10. The van der Waals surface area contributed by atoms with Crippen molar-refractivity contribution in [1.82, 2.24) is 0 Å². The molecule has 0 aliphatic heterocycles. The molecule has 0 radical (unpaired) electrons. The van der Waals surface area contributed by atoms with Crippen LogP contribution in [0.25, 0.3) is 0 Å². The SMILES string of the molecule is C=CC(=O)Oc1ccc(C(=O)c2ccccc2)c(O)c1.C=CCOC(=O)C=C. The Hall–Kier alpha value is -3.93. The third kappa shape index (κ3) is 7.13. The van der Waals surface area contributed by atoms with Crippen LogP contribution in [-0.2, 0) is 14.3 Å². The molecule has 2 aromatic carbocycles. The van der Waals surface area contributed by atoms with E-state index < -0.39 is 11.9 Å². The van der Waals surface area contributed by atoms with Crippen molar-refractivity contribution in [2.24, 2.45) is 0 Å². The molecule has 0 heterocycles. The zero-order valence-electron chi connectivity index (χ0n) is 15.2. The Morgan fingerprint density at radius 3 is 2.11 bits per heavy atom. The molecule has 2 aromatic rings. The number of aromatic hydroxyl groups is 1. The van der Waals surface area contributed by atoms with Crippen LogP contribution in [0.2, 0.25) is 0 Å². The second kappa shape index (κ2) is 11.6. The lowest BCUT2D eigenvalue weighted by Gasteiger charge is -2.06. The van der Waals surface area contributed by atoms with Gasteiger partial charge in [-0.1, -0.05) is 56.1 Å². The van der Waals surface area contributed by atoms with Crippen LogP contribution >= 0.6 is 0 Å². The van der Waals surface area contributed by atoms with E-state index in [1.54, 1.807) is 30.3 Å². The number of rotatable bonds is 7. The van der Waals surface area contributed by atoms with Crippen molar-refractivity contribution in [3.63, 3.8) is 0 Å². The fourth-order valence-electron chi connectivity index (χ4n) is 1.87. The van der Waals surface area contributed by atoms with E-state index in [1.807, 2.05) is 0 Å². The molecule has 28 heavy (non-hydrogen) atoms. The maximum atomic E-state index is 12.2. The smallest absolute Gasteiger partial charge is 0.335 e. The first-order valence-corrected chi connectivity index (χ1v) is 8.10. The van der Waals surface area contributed by atoms with Gasteiger partial charge in [-0.25, -0.2) is 9.59 Å². The Morgan fingerprint density at radius 1 is 0.929 bits per heavy atom. The van der Waals surface area contributed by atoms with E-state index in [0.717, 1.165) is 12.2 Å². The van der Waals surface area contributed by atoms with E-state index >= 15 is 0 Å². The van der Waals surface area contributed by atoms with Gasteiger partial charge in [0, 0.05) is 23.8 Å². The summed E-state index contributed by atoms with van der Waals surface area (Å²) < 4.78 is 9.32. The summed E-state index contributed by atoms with van der Waals surface area (Å²) >= 11 is 0.